The fourth-order valence-corrected chi connectivity index (χ4v) is 3.34. The van der Waals surface area contributed by atoms with Gasteiger partial charge < -0.3 is 15.5 Å². The molecule has 0 aliphatic carbocycles. The van der Waals surface area contributed by atoms with Crippen molar-refractivity contribution in [2.45, 2.75) is 12.6 Å². The van der Waals surface area contributed by atoms with E-state index in [2.05, 4.69) is 26.2 Å². The van der Waals surface area contributed by atoms with Crippen molar-refractivity contribution in [2.75, 3.05) is 11.9 Å². The first-order chi connectivity index (χ1) is 12.8. The second-order valence-corrected chi connectivity index (χ2v) is 7.26. The molecule has 0 unspecified atom stereocenters. The number of aromatic nitrogens is 3. The standard InChI is InChI=1S/C17H16BrClN4O4/c1-22-14(26)5-13(21-12-3-2-9(18)4-11(12)19)15-16(22)20-8-23(17(15)27)6-10(25)7-24/h2-5,8,10,21,24-25H,6-7H2,1H3/t10-/m0/s1. The molecule has 3 rings (SSSR count). The number of anilines is 2. The highest BCUT2D eigenvalue weighted by Gasteiger charge is 2.16. The van der Waals surface area contributed by atoms with Crippen molar-refractivity contribution in [3.8, 4) is 0 Å². The molecule has 1 aromatic carbocycles. The fourth-order valence-electron chi connectivity index (χ4n) is 2.62. The van der Waals surface area contributed by atoms with Crippen molar-refractivity contribution >= 4 is 49.9 Å². The molecule has 3 aromatic rings. The van der Waals surface area contributed by atoms with E-state index >= 15 is 0 Å². The Labute approximate surface area is 166 Å². The van der Waals surface area contributed by atoms with Crippen LogP contribution in [0, 0.1) is 0 Å². The summed E-state index contributed by atoms with van der Waals surface area (Å²) < 4.78 is 3.23. The molecule has 0 spiro atoms. The van der Waals surface area contributed by atoms with Crippen molar-refractivity contribution in [3.05, 3.63) is 60.8 Å². The highest BCUT2D eigenvalue weighted by atomic mass is 79.9. The van der Waals surface area contributed by atoms with Crippen LogP contribution in [0.4, 0.5) is 11.4 Å². The zero-order valence-electron chi connectivity index (χ0n) is 14.2. The lowest BCUT2D eigenvalue weighted by atomic mass is 10.2. The van der Waals surface area contributed by atoms with Crippen LogP contribution in [0.15, 0.2) is 44.7 Å². The first-order valence-corrected chi connectivity index (χ1v) is 9.09. The Morgan fingerprint density at radius 3 is 2.70 bits per heavy atom. The van der Waals surface area contributed by atoms with Crippen LogP contribution < -0.4 is 16.4 Å². The largest absolute Gasteiger partial charge is 0.394 e. The van der Waals surface area contributed by atoms with Gasteiger partial charge in [-0.2, -0.15) is 0 Å². The van der Waals surface area contributed by atoms with E-state index in [1.807, 2.05) is 0 Å². The third-order valence-electron chi connectivity index (χ3n) is 4.02. The van der Waals surface area contributed by atoms with E-state index in [9.17, 15) is 14.7 Å². The van der Waals surface area contributed by atoms with Crippen LogP contribution in [0.1, 0.15) is 0 Å². The molecule has 27 heavy (non-hydrogen) atoms. The quantitative estimate of drug-likeness (QED) is 0.539. The number of rotatable bonds is 5. The number of hydrogen-bond donors (Lipinski definition) is 3. The SMILES string of the molecule is Cn1c(=O)cc(Nc2ccc(Br)cc2Cl)c2c(=O)n(C[C@H](O)CO)cnc21. The summed E-state index contributed by atoms with van der Waals surface area (Å²) in [5.74, 6) is 0. The molecule has 0 amide bonds. The minimum Gasteiger partial charge on any atom is -0.394 e. The molecule has 0 aliphatic heterocycles. The highest BCUT2D eigenvalue weighted by Crippen LogP contribution is 2.29. The molecule has 1 atom stereocenters. The summed E-state index contributed by atoms with van der Waals surface area (Å²) in [6, 6.07) is 6.45. The number of hydrogen-bond acceptors (Lipinski definition) is 6. The summed E-state index contributed by atoms with van der Waals surface area (Å²) in [6.07, 6.45) is 0.131. The highest BCUT2D eigenvalue weighted by molar-refractivity contribution is 9.10. The van der Waals surface area contributed by atoms with Gasteiger partial charge in [0.1, 0.15) is 5.39 Å². The minimum absolute atomic E-state index is 0.125. The fraction of sp³-hybridized carbons (Fsp3) is 0.235. The molecular formula is C17H16BrClN4O4. The average Bonchev–Trinajstić information content (AvgIpc) is 2.63. The van der Waals surface area contributed by atoms with Gasteiger partial charge in [0.05, 0.1) is 42.0 Å². The predicted octanol–water partition coefficient (Wildman–Crippen LogP) is 1.61. The predicted molar refractivity (Wildman–Crippen MR) is 107 cm³/mol. The molecule has 2 heterocycles. The van der Waals surface area contributed by atoms with Crippen molar-refractivity contribution in [2.24, 2.45) is 7.05 Å². The molecule has 0 aliphatic rings. The van der Waals surface area contributed by atoms with Crippen molar-refractivity contribution in [3.63, 3.8) is 0 Å². The number of aryl methyl sites for hydroxylation is 1. The summed E-state index contributed by atoms with van der Waals surface area (Å²) in [4.78, 5) is 29.4. The molecule has 10 heteroatoms. The van der Waals surface area contributed by atoms with Crippen LogP contribution >= 0.6 is 27.5 Å². The molecular weight excluding hydrogens is 440 g/mol. The molecule has 8 nitrogen and oxygen atoms in total. The van der Waals surface area contributed by atoms with E-state index in [0.717, 1.165) is 4.47 Å². The lowest BCUT2D eigenvalue weighted by Crippen LogP contribution is -2.31. The Balaban J connectivity index is 2.21. The number of halogens is 2. The van der Waals surface area contributed by atoms with Gasteiger partial charge >= 0.3 is 0 Å². The van der Waals surface area contributed by atoms with Gasteiger partial charge in [-0.05, 0) is 18.2 Å². The van der Waals surface area contributed by atoms with Crippen LogP contribution in [0.25, 0.3) is 11.0 Å². The van der Waals surface area contributed by atoms with Gasteiger partial charge in [-0.15, -0.1) is 0 Å². The van der Waals surface area contributed by atoms with Gasteiger partial charge in [-0.1, -0.05) is 27.5 Å². The van der Waals surface area contributed by atoms with Crippen molar-refractivity contribution < 1.29 is 10.2 Å². The summed E-state index contributed by atoms with van der Waals surface area (Å²) in [6.45, 7) is -0.614. The Hall–Kier alpha value is -2.20. The van der Waals surface area contributed by atoms with E-state index in [0.29, 0.717) is 10.7 Å². The smallest absolute Gasteiger partial charge is 0.264 e. The third kappa shape index (κ3) is 3.91. The Morgan fingerprint density at radius 2 is 2.04 bits per heavy atom. The summed E-state index contributed by atoms with van der Waals surface area (Å²) in [5.41, 5.74) is 0.150. The lowest BCUT2D eigenvalue weighted by Gasteiger charge is -2.15. The van der Waals surface area contributed by atoms with E-state index in [4.69, 9.17) is 16.7 Å². The molecule has 3 N–H and O–H groups in total. The van der Waals surface area contributed by atoms with E-state index in [-0.39, 0.29) is 28.8 Å². The molecule has 142 valence electrons. The number of fused-ring (bicyclic) bond motifs is 1. The number of aliphatic hydroxyl groups excluding tert-OH is 2. The van der Waals surface area contributed by atoms with Crippen LogP contribution in [-0.2, 0) is 13.6 Å². The normalized spacial score (nSPS) is 12.3. The van der Waals surface area contributed by atoms with Gasteiger partial charge in [0.2, 0.25) is 0 Å². The van der Waals surface area contributed by atoms with Gasteiger partial charge in [-0.25, -0.2) is 4.98 Å². The molecule has 0 saturated carbocycles. The Kier molecular flexibility index (Phi) is 5.66. The third-order valence-corrected chi connectivity index (χ3v) is 4.83. The first kappa shape index (κ1) is 19.6. The Bertz CT molecular complexity index is 1130. The summed E-state index contributed by atoms with van der Waals surface area (Å²) in [5, 5.41) is 22.2. The average molecular weight is 456 g/mol. The second kappa shape index (κ2) is 7.81. The zero-order chi connectivity index (χ0) is 19.7. The maximum absolute atomic E-state index is 12.9. The van der Waals surface area contributed by atoms with Gasteiger partial charge in [0.25, 0.3) is 11.1 Å². The van der Waals surface area contributed by atoms with Crippen LogP contribution in [0.5, 0.6) is 0 Å². The Morgan fingerprint density at radius 1 is 1.30 bits per heavy atom. The zero-order valence-corrected chi connectivity index (χ0v) is 16.5. The number of nitrogens with zero attached hydrogens (tertiary/aromatic N) is 3. The maximum atomic E-state index is 12.9. The summed E-state index contributed by atoms with van der Waals surface area (Å²) in [7, 11) is 1.51. The molecule has 0 radical (unpaired) electrons. The van der Waals surface area contributed by atoms with Crippen molar-refractivity contribution in [1.29, 1.82) is 0 Å². The maximum Gasteiger partial charge on any atom is 0.264 e. The second-order valence-electron chi connectivity index (χ2n) is 5.94. The number of nitrogens with one attached hydrogen (secondary N) is 1. The summed E-state index contributed by atoms with van der Waals surface area (Å²) >= 11 is 9.55. The topological polar surface area (TPSA) is 109 Å². The number of aliphatic hydroxyl groups is 2. The van der Waals surface area contributed by atoms with Gasteiger partial charge in [-0.3, -0.25) is 18.7 Å². The molecule has 0 saturated heterocycles. The van der Waals surface area contributed by atoms with Gasteiger partial charge in [0, 0.05) is 17.6 Å². The monoisotopic (exact) mass is 454 g/mol. The first-order valence-electron chi connectivity index (χ1n) is 7.92. The number of benzene rings is 1. The molecule has 2 aromatic heterocycles. The van der Waals surface area contributed by atoms with Gasteiger partial charge in [0.15, 0.2) is 5.65 Å². The lowest BCUT2D eigenvalue weighted by molar-refractivity contribution is 0.0802. The van der Waals surface area contributed by atoms with Crippen molar-refractivity contribution in [1.82, 2.24) is 14.1 Å². The molecule has 0 fully saturated rings. The minimum atomic E-state index is -1.10. The van der Waals surface area contributed by atoms with E-state index < -0.39 is 18.3 Å². The van der Waals surface area contributed by atoms with Crippen LogP contribution in [0.3, 0.4) is 0 Å². The van der Waals surface area contributed by atoms with E-state index in [1.165, 1.54) is 28.6 Å². The van der Waals surface area contributed by atoms with Crippen LogP contribution in [-0.4, -0.2) is 37.0 Å². The van der Waals surface area contributed by atoms with E-state index in [1.54, 1.807) is 18.2 Å². The van der Waals surface area contributed by atoms with Crippen LogP contribution in [0.2, 0.25) is 5.02 Å². The number of pyridine rings is 1. The molecule has 0 bridgehead atoms.